The Hall–Kier alpha value is -2.72. The van der Waals surface area contributed by atoms with Crippen LogP contribution in [0.5, 0.6) is 5.75 Å². The number of hydrogen-bond acceptors (Lipinski definition) is 3. The smallest absolute Gasteiger partial charge is 0.416 e. The van der Waals surface area contributed by atoms with E-state index in [2.05, 4.69) is 5.32 Å². The molecular formula is C18H14ClF3N2O2. The van der Waals surface area contributed by atoms with E-state index >= 15 is 0 Å². The van der Waals surface area contributed by atoms with E-state index in [1.54, 1.807) is 24.3 Å². The fourth-order valence-corrected chi connectivity index (χ4v) is 2.86. The minimum Gasteiger partial charge on any atom is -0.496 e. The quantitative estimate of drug-likeness (QED) is 0.796. The number of nitriles is 1. The zero-order valence-corrected chi connectivity index (χ0v) is 14.6. The van der Waals surface area contributed by atoms with Gasteiger partial charge in [0.25, 0.3) is 0 Å². The van der Waals surface area contributed by atoms with E-state index < -0.39 is 23.6 Å². The number of nitrogens with zero attached hydrogens (tertiary/aromatic N) is 1. The molecule has 0 aliphatic carbocycles. The van der Waals surface area contributed by atoms with Gasteiger partial charge in [0.15, 0.2) is 0 Å². The van der Waals surface area contributed by atoms with Crippen molar-refractivity contribution < 1.29 is 22.7 Å². The predicted molar refractivity (Wildman–Crippen MR) is 91.2 cm³/mol. The Kier molecular flexibility index (Phi) is 5.78. The van der Waals surface area contributed by atoms with Crippen LogP contribution in [0.1, 0.15) is 29.5 Å². The summed E-state index contributed by atoms with van der Waals surface area (Å²) in [5.41, 5.74) is 0.312. The number of alkyl halides is 3. The minimum atomic E-state index is -4.47. The van der Waals surface area contributed by atoms with Gasteiger partial charge in [-0.3, -0.25) is 4.79 Å². The lowest BCUT2D eigenvalue weighted by molar-refractivity contribution is -0.137. The van der Waals surface area contributed by atoms with Gasteiger partial charge in [-0.2, -0.15) is 18.4 Å². The molecule has 26 heavy (non-hydrogen) atoms. The Morgan fingerprint density at radius 1 is 1.19 bits per heavy atom. The molecule has 1 aliphatic rings. The van der Waals surface area contributed by atoms with E-state index in [-0.39, 0.29) is 5.69 Å². The Labute approximate surface area is 153 Å². The average molecular weight is 383 g/mol. The van der Waals surface area contributed by atoms with E-state index in [1.165, 1.54) is 20.1 Å². The lowest BCUT2D eigenvalue weighted by Crippen LogP contribution is -2.14. The molecule has 0 spiro atoms. The normalized spacial score (nSPS) is 15.3. The molecule has 136 valence electrons. The maximum atomic E-state index is 12.8. The highest BCUT2D eigenvalue weighted by Crippen LogP contribution is 2.43. The second-order valence-electron chi connectivity index (χ2n) is 5.33. The third kappa shape index (κ3) is 3.92. The van der Waals surface area contributed by atoms with Crippen LogP contribution < -0.4 is 10.1 Å². The molecule has 1 N–H and O–H groups in total. The van der Waals surface area contributed by atoms with E-state index in [1.807, 2.05) is 0 Å². The van der Waals surface area contributed by atoms with Gasteiger partial charge in [0.1, 0.15) is 5.75 Å². The average Bonchev–Trinajstić information content (AvgIpc) is 2.89. The summed E-state index contributed by atoms with van der Waals surface area (Å²) >= 11 is 5.98. The second-order valence-corrected chi connectivity index (χ2v) is 5.77. The second kappa shape index (κ2) is 7.67. The molecule has 1 heterocycles. The van der Waals surface area contributed by atoms with Crippen LogP contribution in [0.2, 0.25) is 5.02 Å². The first-order valence-electron chi connectivity index (χ1n) is 7.39. The number of hydrogen-bond donors (Lipinski definition) is 1. The zero-order chi connectivity index (χ0) is 19.5. The molecule has 0 radical (unpaired) electrons. The molecule has 0 saturated carbocycles. The number of nitrogens with one attached hydrogen (secondary N) is 1. The van der Waals surface area contributed by atoms with Gasteiger partial charge >= 0.3 is 6.18 Å². The highest BCUT2D eigenvalue weighted by Gasteiger charge is 2.37. The van der Waals surface area contributed by atoms with Crippen molar-refractivity contribution in [3.8, 4) is 11.8 Å². The Bertz CT molecular complexity index is 876. The molecule has 1 amide bonds. The zero-order valence-electron chi connectivity index (χ0n) is 13.8. The van der Waals surface area contributed by atoms with Crippen molar-refractivity contribution in [1.82, 2.24) is 0 Å². The van der Waals surface area contributed by atoms with Crippen LogP contribution in [-0.2, 0) is 11.0 Å². The molecule has 1 unspecified atom stereocenters. The van der Waals surface area contributed by atoms with Gasteiger partial charge in [0, 0.05) is 23.2 Å². The topological polar surface area (TPSA) is 62.1 Å². The first kappa shape index (κ1) is 19.6. The molecule has 1 aliphatic heterocycles. The molecule has 8 heteroatoms. The molecule has 1 atom stereocenters. The fourth-order valence-electron chi connectivity index (χ4n) is 2.68. The van der Waals surface area contributed by atoms with Gasteiger partial charge in [-0.15, -0.1) is 0 Å². The Balaban J connectivity index is 0.000000758. The maximum Gasteiger partial charge on any atom is 0.416 e. The summed E-state index contributed by atoms with van der Waals surface area (Å²) in [6, 6.07) is 9.77. The van der Waals surface area contributed by atoms with Gasteiger partial charge in [-0.1, -0.05) is 17.7 Å². The van der Waals surface area contributed by atoms with Crippen molar-refractivity contribution in [3.63, 3.8) is 0 Å². The number of halogens is 4. The van der Waals surface area contributed by atoms with Gasteiger partial charge in [0.2, 0.25) is 5.91 Å². The van der Waals surface area contributed by atoms with Crippen LogP contribution >= 0.6 is 11.6 Å². The van der Waals surface area contributed by atoms with Crippen molar-refractivity contribution in [2.45, 2.75) is 19.0 Å². The third-order valence-corrected chi connectivity index (χ3v) is 3.95. The number of methoxy groups -OCH3 is 1. The van der Waals surface area contributed by atoms with Crippen molar-refractivity contribution >= 4 is 23.2 Å². The number of rotatable bonds is 2. The summed E-state index contributed by atoms with van der Waals surface area (Å²) in [5.74, 6) is -0.733. The first-order valence-corrected chi connectivity index (χ1v) is 7.77. The van der Waals surface area contributed by atoms with Gasteiger partial charge < -0.3 is 10.1 Å². The summed E-state index contributed by atoms with van der Waals surface area (Å²) in [7, 11) is 1.45. The lowest BCUT2D eigenvalue weighted by Gasteiger charge is -2.15. The largest absolute Gasteiger partial charge is 0.496 e. The Morgan fingerprint density at radius 3 is 2.42 bits per heavy atom. The van der Waals surface area contributed by atoms with Crippen LogP contribution in [0.4, 0.5) is 18.9 Å². The van der Waals surface area contributed by atoms with Crippen molar-refractivity contribution in [3.05, 3.63) is 58.1 Å². The number of benzene rings is 2. The highest BCUT2D eigenvalue weighted by molar-refractivity contribution is 6.30. The van der Waals surface area contributed by atoms with Crippen molar-refractivity contribution in [1.29, 1.82) is 5.26 Å². The van der Waals surface area contributed by atoms with E-state index in [9.17, 15) is 18.0 Å². The summed E-state index contributed by atoms with van der Waals surface area (Å²) in [6.07, 6.45) is -4.47. The van der Waals surface area contributed by atoms with Gasteiger partial charge in [-0.25, -0.2) is 0 Å². The summed E-state index contributed by atoms with van der Waals surface area (Å²) in [4.78, 5) is 12.3. The molecule has 2 aromatic rings. The summed E-state index contributed by atoms with van der Waals surface area (Å²) < 4.78 is 43.6. The molecule has 0 aromatic heterocycles. The summed E-state index contributed by atoms with van der Waals surface area (Å²) in [5, 5.41) is 10.2. The number of fused-ring (bicyclic) bond motifs is 1. The van der Waals surface area contributed by atoms with Crippen molar-refractivity contribution in [2.24, 2.45) is 0 Å². The predicted octanol–water partition coefficient (Wildman–Crippen LogP) is 4.98. The number of carbonyl (C=O) groups is 1. The molecule has 3 rings (SSSR count). The lowest BCUT2D eigenvalue weighted by atomic mass is 9.91. The minimum absolute atomic E-state index is 0.150. The van der Waals surface area contributed by atoms with Gasteiger partial charge in [0.05, 0.1) is 24.7 Å². The highest BCUT2D eigenvalue weighted by atomic mass is 35.5. The van der Waals surface area contributed by atoms with Gasteiger partial charge in [-0.05, 0) is 35.9 Å². The maximum absolute atomic E-state index is 12.8. The molecule has 2 aromatic carbocycles. The van der Waals surface area contributed by atoms with Crippen molar-refractivity contribution in [2.75, 3.05) is 12.4 Å². The number of anilines is 1. The van der Waals surface area contributed by atoms with Crippen LogP contribution in [0.15, 0.2) is 36.4 Å². The SMILES string of the molecule is CC#N.COc1ccc(Cl)cc1C1C(=O)Nc2cc(C(F)(F)F)ccc21. The molecular weight excluding hydrogens is 369 g/mol. The van der Waals surface area contributed by atoms with Crippen LogP contribution in [0.25, 0.3) is 0 Å². The van der Waals surface area contributed by atoms with E-state index in [4.69, 9.17) is 21.6 Å². The van der Waals surface area contributed by atoms with E-state index in [0.717, 1.165) is 12.1 Å². The standard InChI is InChI=1S/C16H11ClF3NO2.C2H3N/c1-23-13-5-3-9(17)7-11(13)14-10-4-2-8(16(18,19)20)6-12(10)21-15(14)22;1-2-3/h2-7,14H,1H3,(H,21,22);1H3. The number of carbonyl (C=O) groups excluding carboxylic acids is 1. The third-order valence-electron chi connectivity index (χ3n) is 3.71. The molecule has 4 nitrogen and oxygen atoms in total. The molecule has 0 saturated heterocycles. The Morgan fingerprint density at radius 2 is 1.85 bits per heavy atom. The number of amides is 1. The molecule has 0 bridgehead atoms. The monoisotopic (exact) mass is 382 g/mol. The number of ether oxygens (including phenoxy) is 1. The summed E-state index contributed by atoms with van der Waals surface area (Å²) in [6.45, 7) is 1.43. The van der Waals surface area contributed by atoms with Crippen LogP contribution in [-0.4, -0.2) is 13.0 Å². The van der Waals surface area contributed by atoms with Crippen LogP contribution in [0.3, 0.4) is 0 Å². The fraction of sp³-hybridized carbons (Fsp3) is 0.222. The van der Waals surface area contributed by atoms with Crippen LogP contribution in [0, 0.1) is 11.3 Å². The van der Waals surface area contributed by atoms with E-state index in [0.29, 0.717) is 21.9 Å². The molecule has 0 fully saturated rings. The first-order chi connectivity index (χ1) is 12.2.